The van der Waals surface area contributed by atoms with Crippen LogP contribution >= 0.6 is 0 Å². The number of rotatable bonds is 0. The molecule has 2 heteroatoms. The van der Waals surface area contributed by atoms with Crippen molar-refractivity contribution in [3.8, 4) is 0 Å². The van der Waals surface area contributed by atoms with E-state index in [0.717, 1.165) is 6.42 Å². The first-order chi connectivity index (χ1) is 5.96. The Morgan fingerprint density at radius 2 is 1.38 bits per heavy atom. The third-order valence-corrected chi connectivity index (χ3v) is 3.85. The molecule has 0 heterocycles. The van der Waals surface area contributed by atoms with Gasteiger partial charge in [-0.15, -0.1) is 0 Å². The Kier molecular flexibility index (Phi) is 2.70. The molecule has 78 valence electrons. The van der Waals surface area contributed by atoms with E-state index in [9.17, 15) is 8.78 Å². The van der Waals surface area contributed by atoms with Gasteiger partial charge in [0, 0.05) is 12.8 Å². The number of hydrogen-bond acceptors (Lipinski definition) is 0. The standard InChI is InChI=1S/C9H14F2.C2H6/c1-6-3-7(2)8(6)4-9(10,11)5-8;1-2/h6-7H,3-5H2,1-2H3;1-2H3. The highest BCUT2D eigenvalue weighted by molar-refractivity contribution is 5.10. The molecule has 0 aromatic rings. The number of halogens is 2. The summed E-state index contributed by atoms with van der Waals surface area (Å²) in [5.74, 6) is -1.25. The van der Waals surface area contributed by atoms with Crippen molar-refractivity contribution in [2.24, 2.45) is 17.3 Å². The monoisotopic (exact) mass is 190 g/mol. The average Bonchev–Trinajstić information content (AvgIpc) is 2.04. The topological polar surface area (TPSA) is 0 Å². The van der Waals surface area contributed by atoms with E-state index in [0.29, 0.717) is 11.8 Å². The van der Waals surface area contributed by atoms with Crippen LogP contribution in [0.4, 0.5) is 8.78 Å². The van der Waals surface area contributed by atoms with Gasteiger partial charge in [-0.05, 0) is 23.7 Å². The van der Waals surface area contributed by atoms with Gasteiger partial charge in [-0.1, -0.05) is 27.7 Å². The highest BCUT2D eigenvalue weighted by atomic mass is 19.3. The van der Waals surface area contributed by atoms with Gasteiger partial charge in [-0.2, -0.15) is 0 Å². The lowest BCUT2D eigenvalue weighted by molar-refractivity contribution is -0.243. The second kappa shape index (κ2) is 3.21. The zero-order valence-electron chi connectivity index (χ0n) is 9.03. The fourth-order valence-electron chi connectivity index (χ4n) is 2.93. The smallest absolute Gasteiger partial charge is 0.207 e. The summed E-state index contributed by atoms with van der Waals surface area (Å²) < 4.78 is 25.2. The summed E-state index contributed by atoms with van der Waals surface area (Å²) in [4.78, 5) is 0. The maximum absolute atomic E-state index is 12.6. The lowest BCUT2D eigenvalue weighted by atomic mass is 9.44. The molecule has 0 nitrogen and oxygen atoms in total. The van der Waals surface area contributed by atoms with Gasteiger partial charge >= 0.3 is 0 Å². The molecule has 1 spiro atoms. The first-order valence-electron chi connectivity index (χ1n) is 5.34. The predicted molar refractivity (Wildman–Crippen MR) is 50.9 cm³/mol. The summed E-state index contributed by atoms with van der Waals surface area (Å²) in [6.07, 6.45) is 1.46. The summed E-state index contributed by atoms with van der Waals surface area (Å²) in [5.41, 5.74) is 0.0451. The Labute approximate surface area is 79.7 Å². The van der Waals surface area contributed by atoms with Gasteiger partial charge in [0.25, 0.3) is 0 Å². The molecule has 0 bridgehead atoms. The maximum Gasteiger partial charge on any atom is 0.249 e. The van der Waals surface area contributed by atoms with E-state index >= 15 is 0 Å². The quantitative estimate of drug-likeness (QED) is 0.539. The summed E-state index contributed by atoms with van der Waals surface area (Å²) in [7, 11) is 0. The van der Waals surface area contributed by atoms with Crippen LogP contribution in [0.25, 0.3) is 0 Å². The highest BCUT2D eigenvalue weighted by Gasteiger charge is 2.65. The lowest BCUT2D eigenvalue weighted by Crippen LogP contribution is -2.59. The van der Waals surface area contributed by atoms with Crippen LogP contribution < -0.4 is 0 Å². The van der Waals surface area contributed by atoms with Crippen LogP contribution in [0.5, 0.6) is 0 Å². The van der Waals surface area contributed by atoms with Crippen molar-refractivity contribution in [3.63, 3.8) is 0 Å². The Morgan fingerprint density at radius 1 is 1.00 bits per heavy atom. The molecule has 2 fully saturated rings. The molecule has 0 aromatic carbocycles. The molecule has 0 aromatic heterocycles. The second-order valence-corrected chi connectivity index (χ2v) is 4.48. The van der Waals surface area contributed by atoms with Crippen molar-refractivity contribution >= 4 is 0 Å². The van der Waals surface area contributed by atoms with Crippen molar-refractivity contribution in [2.75, 3.05) is 0 Å². The van der Waals surface area contributed by atoms with Gasteiger partial charge in [0.2, 0.25) is 5.92 Å². The van der Waals surface area contributed by atoms with Gasteiger partial charge in [0.05, 0.1) is 0 Å². The van der Waals surface area contributed by atoms with E-state index in [1.165, 1.54) is 0 Å². The Balaban J connectivity index is 0.000000396. The molecule has 2 saturated carbocycles. The van der Waals surface area contributed by atoms with Gasteiger partial charge in [-0.25, -0.2) is 8.78 Å². The van der Waals surface area contributed by atoms with E-state index in [-0.39, 0.29) is 18.3 Å². The third-order valence-electron chi connectivity index (χ3n) is 3.85. The normalized spacial score (nSPS) is 38.3. The van der Waals surface area contributed by atoms with Crippen LogP contribution in [0.15, 0.2) is 0 Å². The number of alkyl halides is 2. The van der Waals surface area contributed by atoms with Crippen molar-refractivity contribution in [3.05, 3.63) is 0 Å². The van der Waals surface area contributed by atoms with E-state index in [4.69, 9.17) is 0 Å². The first kappa shape index (κ1) is 10.9. The summed E-state index contributed by atoms with van der Waals surface area (Å²) in [6, 6.07) is 0. The lowest BCUT2D eigenvalue weighted by Gasteiger charge is -2.62. The molecule has 2 aliphatic carbocycles. The van der Waals surface area contributed by atoms with E-state index in [1.54, 1.807) is 0 Å². The van der Waals surface area contributed by atoms with Crippen LogP contribution in [0.1, 0.15) is 47.0 Å². The molecule has 0 radical (unpaired) electrons. The summed E-state index contributed by atoms with van der Waals surface area (Å²) in [5, 5.41) is 0. The SMILES string of the molecule is CC.CC1CC(C)C12CC(F)(F)C2. The molecule has 2 aliphatic rings. The van der Waals surface area contributed by atoms with Crippen LogP contribution in [-0.2, 0) is 0 Å². The molecular weight excluding hydrogens is 170 g/mol. The first-order valence-corrected chi connectivity index (χ1v) is 5.34. The molecule has 0 N–H and O–H groups in total. The van der Waals surface area contributed by atoms with Crippen molar-refractivity contribution in [2.45, 2.75) is 52.9 Å². The fourth-order valence-corrected chi connectivity index (χ4v) is 2.93. The van der Waals surface area contributed by atoms with Crippen molar-refractivity contribution in [1.29, 1.82) is 0 Å². The Bertz CT molecular complexity index is 169. The zero-order chi connectivity index (χ0) is 10.3. The van der Waals surface area contributed by atoms with Crippen LogP contribution in [0.3, 0.4) is 0 Å². The predicted octanol–water partition coefficient (Wildman–Crippen LogP) is 4.10. The molecule has 0 aliphatic heterocycles. The zero-order valence-corrected chi connectivity index (χ0v) is 9.03. The number of hydrogen-bond donors (Lipinski definition) is 0. The van der Waals surface area contributed by atoms with Gasteiger partial charge < -0.3 is 0 Å². The molecule has 2 atom stereocenters. The van der Waals surface area contributed by atoms with Crippen LogP contribution in [-0.4, -0.2) is 5.92 Å². The van der Waals surface area contributed by atoms with E-state index < -0.39 is 5.92 Å². The minimum atomic E-state index is -2.33. The molecule has 2 unspecified atom stereocenters. The minimum Gasteiger partial charge on any atom is -0.207 e. The average molecular weight is 190 g/mol. The Morgan fingerprint density at radius 3 is 1.54 bits per heavy atom. The van der Waals surface area contributed by atoms with Crippen molar-refractivity contribution < 1.29 is 8.78 Å². The molecule has 13 heavy (non-hydrogen) atoms. The molecular formula is C11H20F2. The van der Waals surface area contributed by atoms with Crippen molar-refractivity contribution in [1.82, 2.24) is 0 Å². The van der Waals surface area contributed by atoms with Gasteiger partial charge in [-0.3, -0.25) is 0 Å². The molecule has 2 rings (SSSR count). The van der Waals surface area contributed by atoms with Crippen LogP contribution in [0, 0.1) is 17.3 Å². The molecule has 0 amide bonds. The minimum absolute atomic E-state index is 0.0451. The highest BCUT2D eigenvalue weighted by Crippen LogP contribution is 2.67. The fraction of sp³-hybridized carbons (Fsp3) is 1.00. The summed E-state index contributed by atoms with van der Waals surface area (Å²) in [6.45, 7) is 8.21. The summed E-state index contributed by atoms with van der Waals surface area (Å²) >= 11 is 0. The molecule has 0 saturated heterocycles. The van der Waals surface area contributed by atoms with E-state index in [1.807, 2.05) is 13.8 Å². The van der Waals surface area contributed by atoms with Gasteiger partial charge in [0.1, 0.15) is 0 Å². The van der Waals surface area contributed by atoms with Gasteiger partial charge in [0.15, 0.2) is 0 Å². The van der Waals surface area contributed by atoms with Crippen LogP contribution in [0.2, 0.25) is 0 Å². The third kappa shape index (κ3) is 1.49. The largest absolute Gasteiger partial charge is 0.249 e. The Hall–Kier alpha value is -0.140. The van der Waals surface area contributed by atoms with E-state index in [2.05, 4.69) is 13.8 Å². The maximum atomic E-state index is 12.6. The second-order valence-electron chi connectivity index (χ2n) is 4.48.